The Hall–Kier alpha value is -1.45. The summed E-state index contributed by atoms with van der Waals surface area (Å²) in [6, 6.07) is 0. The van der Waals surface area contributed by atoms with Crippen molar-refractivity contribution in [1.29, 1.82) is 0 Å². The SMILES string of the molecule is COC1=CC=NC(=O)C1=O. The number of carbonyl (C=O) groups is 2. The van der Waals surface area contributed by atoms with Crippen molar-refractivity contribution in [1.82, 2.24) is 0 Å². The molecule has 0 atom stereocenters. The van der Waals surface area contributed by atoms with Crippen molar-refractivity contribution < 1.29 is 14.3 Å². The topological polar surface area (TPSA) is 55.7 Å². The van der Waals surface area contributed by atoms with Gasteiger partial charge in [0.2, 0.25) is 0 Å². The number of Topliss-reactive ketones (excluding diaryl/α,β-unsaturated/α-hetero) is 1. The minimum Gasteiger partial charge on any atom is -0.492 e. The van der Waals surface area contributed by atoms with Crippen LogP contribution in [0.3, 0.4) is 0 Å². The number of methoxy groups -OCH3 is 1. The first kappa shape index (κ1) is 6.67. The van der Waals surface area contributed by atoms with E-state index in [9.17, 15) is 9.59 Å². The molecule has 4 nitrogen and oxygen atoms in total. The summed E-state index contributed by atoms with van der Waals surface area (Å²) in [5.41, 5.74) is 0. The van der Waals surface area contributed by atoms with Crippen LogP contribution in [-0.4, -0.2) is 25.0 Å². The van der Waals surface area contributed by atoms with Gasteiger partial charge in [0.05, 0.1) is 7.11 Å². The second-order valence-corrected chi connectivity index (χ2v) is 1.65. The van der Waals surface area contributed by atoms with E-state index in [1.807, 2.05) is 0 Å². The van der Waals surface area contributed by atoms with Crippen LogP contribution in [0, 0.1) is 0 Å². The van der Waals surface area contributed by atoms with Gasteiger partial charge < -0.3 is 4.74 Å². The van der Waals surface area contributed by atoms with Crippen LogP contribution in [0.25, 0.3) is 0 Å². The highest BCUT2D eigenvalue weighted by Gasteiger charge is 2.20. The number of dihydropyridines is 1. The van der Waals surface area contributed by atoms with Gasteiger partial charge in [-0.05, 0) is 0 Å². The second-order valence-electron chi connectivity index (χ2n) is 1.65. The fourth-order valence-corrected chi connectivity index (χ4v) is 0.573. The molecule has 1 amide bonds. The zero-order valence-electron chi connectivity index (χ0n) is 5.33. The van der Waals surface area contributed by atoms with E-state index in [1.165, 1.54) is 19.4 Å². The molecule has 0 radical (unpaired) electrons. The maximum atomic E-state index is 10.7. The van der Waals surface area contributed by atoms with Gasteiger partial charge in [0.15, 0.2) is 5.76 Å². The number of nitrogens with zero attached hydrogens (tertiary/aromatic N) is 1. The van der Waals surface area contributed by atoms with Crippen LogP contribution < -0.4 is 0 Å². The number of rotatable bonds is 1. The molecule has 0 fully saturated rings. The zero-order chi connectivity index (χ0) is 7.56. The van der Waals surface area contributed by atoms with Gasteiger partial charge in [-0.3, -0.25) is 9.59 Å². The van der Waals surface area contributed by atoms with Gasteiger partial charge in [0.1, 0.15) is 0 Å². The van der Waals surface area contributed by atoms with Crippen LogP contribution in [0.5, 0.6) is 0 Å². The van der Waals surface area contributed by atoms with E-state index < -0.39 is 11.7 Å². The highest BCUT2D eigenvalue weighted by molar-refractivity contribution is 6.45. The first-order valence-electron chi connectivity index (χ1n) is 2.62. The van der Waals surface area contributed by atoms with E-state index in [-0.39, 0.29) is 5.76 Å². The lowest BCUT2D eigenvalue weighted by Gasteiger charge is -2.02. The van der Waals surface area contributed by atoms with Crippen LogP contribution in [0.4, 0.5) is 0 Å². The molecule has 52 valence electrons. The smallest absolute Gasteiger partial charge is 0.321 e. The van der Waals surface area contributed by atoms with E-state index in [1.54, 1.807) is 0 Å². The summed E-state index contributed by atoms with van der Waals surface area (Å²) in [7, 11) is 1.33. The third-order valence-electron chi connectivity index (χ3n) is 1.06. The quantitative estimate of drug-likeness (QED) is 0.468. The average molecular weight is 139 g/mol. The van der Waals surface area contributed by atoms with E-state index in [0.29, 0.717) is 0 Å². The molecular formula is C6H5NO3. The first-order valence-corrected chi connectivity index (χ1v) is 2.62. The summed E-state index contributed by atoms with van der Waals surface area (Å²) in [6.45, 7) is 0. The zero-order valence-corrected chi connectivity index (χ0v) is 5.33. The molecule has 1 aliphatic rings. The normalized spacial score (nSPS) is 17.1. The Balaban J connectivity index is 2.92. The molecule has 0 aliphatic carbocycles. The van der Waals surface area contributed by atoms with E-state index in [4.69, 9.17) is 0 Å². The molecule has 4 heteroatoms. The summed E-state index contributed by atoms with van der Waals surface area (Å²) in [4.78, 5) is 24.4. The van der Waals surface area contributed by atoms with Crippen LogP contribution in [0.2, 0.25) is 0 Å². The summed E-state index contributed by atoms with van der Waals surface area (Å²) in [6.07, 6.45) is 2.59. The number of carbonyl (C=O) groups excluding carboxylic acids is 2. The molecule has 0 unspecified atom stereocenters. The molecule has 0 N–H and O–H groups in total. The number of ketones is 1. The molecule has 0 aromatic rings. The third kappa shape index (κ3) is 0.953. The van der Waals surface area contributed by atoms with Gasteiger partial charge >= 0.3 is 5.91 Å². The van der Waals surface area contributed by atoms with Gasteiger partial charge in [-0.1, -0.05) is 0 Å². The summed E-state index contributed by atoms with van der Waals surface area (Å²) in [5.74, 6) is -1.43. The molecule has 0 aromatic heterocycles. The lowest BCUT2D eigenvalue weighted by Crippen LogP contribution is -2.18. The largest absolute Gasteiger partial charge is 0.492 e. The Labute approximate surface area is 57.2 Å². The Bertz CT molecular complexity index is 239. The minimum absolute atomic E-state index is 0.0417. The molecule has 0 spiro atoms. The van der Waals surface area contributed by atoms with Gasteiger partial charge in [-0.2, -0.15) is 0 Å². The lowest BCUT2D eigenvalue weighted by atomic mass is 10.2. The van der Waals surface area contributed by atoms with Crippen molar-refractivity contribution in [2.24, 2.45) is 4.99 Å². The van der Waals surface area contributed by atoms with Crippen molar-refractivity contribution in [2.45, 2.75) is 0 Å². The van der Waals surface area contributed by atoms with E-state index in [0.717, 1.165) is 0 Å². The molecule has 0 bridgehead atoms. The van der Waals surface area contributed by atoms with Crippen LogP contribution in [0.1, 0.15) is 0 Å². The molecule has 1 heterocycles. The monoisotopic (exact) mass is 139 g/mol. The summed E-state index contributed by atoms with van der Waals surface area (Å²) in [5, 5.41) is 0. The van der Waals surface area contributed by atoms with Crippen molar-refractivity contribution in [2.75, 3.05) is 7.11 Å². The van der Waals surface area contributed by atoms with Crippen LogP contribution >= 0.6 is 0 Å². The fraction of sp³-hybridized carbons (Fsp3) is 0.167. The number of ether oxygens (including phenoxy) is 1. The number of allylic oxidation sites excluding steroid dienone is 1. The lowest BCUT2D eigenvalue weighted by molar-refractivity contribution is -0.135. The highest BCUT2D eigenvalue weighted by atomic mass is 16.5. The van der Waals surface area contributed by atoms with E-state index in [2.05, 4.69) is 9.73 Å². The Morgan fingerprint density at radius 2 is 2.20 bits per heavy atom. The van der Waals surface area contributed by atoms with Crippen molar-refractivity contribution in [3.8, 4) is 0 Å². The predicted molar refractivity (Wildman–Crippen MR) is 33.6 cm³/mol. The molecule has 10 heavy (non-hydrogen) atoms. The van der Waals surface area contributed by atoms with Gasteiger partial charge in [0, 0.05) is 12.3 Å². The first-order chi connectivity index (χ1) is 4.75. The predicted octanol–water partition coefficient (Wildman–Crippen LogP) is -0.303. The van der Waals surface area contributed by atoms with Gasteiger partial charge in [0.25, 0.3) is 5.78 Å². The molecule has 0 saturated carbocycles. The standard InChI is InChI=1S/C6H5NO3/c1-10-4-2-3-7-6(9)5(4)8/h2-3H,1H3. The Morgan fingerprint density at radius 1 is 1.50 bits per heavy atom. The van der Waals surface area contributed by atoms with E-state index >= 15 is 0 Å². The number of aliphatic imine (C=N–C) groups is 1. The Morgan fingerprint density at radius 3 is 2.70 bits per heavy atom. The van der Waals surface area contributed by atoms with Crippen molar-refractivity contribution in [3.63, 3.8) is 0 Å². The molecule has 0 aromatic carbocycles. The van der Waals surface area contributed by atoms with Gasteiger partial charge in [-0.15, -0.1) is 0 Å². The number of hydrogen-bond acceptors (Lipinski definition) is 3. The summed E-state index contributed by atoms with van der Waals surface area (Å²) < 4.78 is 4.57. The minimum atomic E-state index is -0.778. The van der Waals surface area contributed by atoms with Crippen molar-refractivity contribution in [3.05, 3.63) is 11.8 Å². The van der Waals surface area contributed by atoms with Crippen LogP contribution in [0.15, 0.2) is 16.8 Å². The number of hydrogen-bond donors (Lipinski definition) is 0. The molecular weight excluding hydrogens is 134 g/mol. The maximum absolute atomic E-state index is 10.7. The van der Waals surface area contributed by atoms with Crippen LogP contribution in [-0.2, 0) is 14.3 Å². The maximum Gasteiger partial charge on any atom is 0.321 e. The fourth-order valence-electron chi connectivity index (χ4n) is 0.573. The number of amides is 1. The van der Waals surface area contributed by atoms with Crippen molar-refractivity contribution >= 4 is 17.9 Å². The average Bonchev–Trinajstić information content (AvgIpc) is 1.95. The second kappa shape index (κ2) is 2.43. The third-order valence-corrected chi connectivity index (χ3v) is 1.06. The Kier molecular flexibility index (Phi) is 1.62. The van der Waals surface area contributed by atoms with Gasteiger partial charge in [-0.25, -0.2) is 4.99 Å². The molecule has 1 aliphatic heterocycles. The molecule has 1 rings (SSSR count). The molecule has 0 saturated heterocycles. The summed E-state index contributed by atoms with van der Waals surface area (Å²) >= 11 is 0. The highest BCUT2D eigenvalue weighted by Crippen LogP contribution is 2.01.